The number of carbonyl (C=O) groups excluding carboxylic acids is 2. The molecule has 3 amide bonds. The standard InChI is InChI=1S/C12H16N2O3/c1-14(8-9-17-2)12(16)13-11(15)10-6-4-3-5-7-10/h3-7H,8-9H2,1-2H3,(H,13,15,16). The molecule has 0 spiro atoms. The number of benzene rings is 1. The number of ether oxygens (including phenoxy) is 1. The maximum atomic E-state index is 11.6. The molecule has 0 saturated carbocycles. The quantitative estimate of drug-likeness (QED) is 0.852. The fraction of sp³-hybridized carbons (Fsp3) is 0.333. The first-order valence-electron chi connectivity index (χ1n) is 5.25. The van der Waals surface area contributed by atoms with Gasteiger partial charge in [-0.2, -0.15) is 0 Å². The van der Waals surface area contributed by atoms with Crippen LogP contribution in [-0.2, 0) is 4.74 Å². The molecule has 0 radical (unpaired) electrons. The van der Waals surface area contributed by atoms with Crippen LogP contribution >= 0.6 is 0 Å². The van der Waals surface area contributed by atoms with Crippen molar-refractivity contribution in [3.05, 3.63) is 35.9 Å². The van der Waals surface area contributed by atoms with Gasteiger partial charge in [-0.1, -0.05) is 18.2 Å². The number of hydrogen-bond donors (Lipinski definition) is 1. The maximum absolute atomic E-state index is 11.6. The van der Waals surface area contributed by atoms with Crippen LogP contribution in [-0.4, -0.2) is 44.1 Å². The molecule has 0 bridgehead atoms. The van der Waals surface area contributed by atoms with E-state index in [1.165, 1.54) is 4.90 Å². The Balaban J connectivity index is 2.49. The van der Waals surface area contributed by atoms with Gasteiger partial charge in [-0.15, -0.1) is 0 Å². The zero-order valence-electron chi connectivity index (χ0n) is 9.97. The Morgan fingerprint density at radius 1 is 1.29 bits per heavy atom. The normalized spacial score (nSPS) is 9.76. The van der Waals surface area contributed by atoms with Crippen molar-refractivity contribution in [2.45, 2.75) is 0 Å². The summed E-state index contributed by atoms with van der Waals surface area (Å²) in [4.78, 5) is 24.6. The highest BCUT2D eigenvalue weighted by molar-refractivity contribution is 6.04. The van der Waals surface area contributed by atoms with Gasteiger partial charge in [0.2, 0.25) is 0 Å². The van der Waals surface area contributed by atoms with Gasteiger partial charge in [0.25, 0.3) is 5.91 Å². The van der Waals surface area contributed by atoms with E-state index in [4.69, 9.17) is 4.74 Å². The van der Waals surface area contributed by atoms with Crippen molar-refractivity contribution in [2.24, 2.45) is 0 Å². The fourth-order valence-electron chi connectivity index (χ4n) is 1.18. The second-order valence-corrected chi connectivity index (χ2v) is 3.54. The van der Waals surface area contributed by atoms with Gasteiger partial charge in [0.15, 0.2) is 0 Å². The van der Waals surface area contributed by atoms with Gasteiger partial charge in [0.1, 0.15) is 0 Å². The highest BCUT2D eigenvalue weighted by Gasteiger charge is 2.13. The number of likely N-dealkylation sites (N-methyl/N-ethyl adjacent to an activating group) is 1. The minimum atomic E-state index is -0.434. The topological polar surface area (TPSA) is 58.6 Å². The van der Waals surface area contributed by atoms with Crippen LogP contribution in [0.25, 0.3) is 0 Å². The number of amides is 3. The monoisotopic (exact) mass is 236 g/mol. The summed E-state index contributed by atoms with van der Waals surface area (Å²) in [5.74, 6) is -0.403. The molecule has 0 aliphatic carbocycles. The van der Waals surface area contributed by atoms with Crippen molar-refractivity contribution in [1.29, 1.82) is 0 Å². The largest absolute Gasteiger partial charge is 0.383 e. The fourth-order valence-corrected chi connectivity index (χ4v) is 1.18. The highest BCUT2D eigenvalue weighted by Crippen LogP contribution is 1.98. The number of nitrogens with zero attached hydrogens (tertiary/aromatic N) is 1. The van der Waals surface area contributed by atoms with E-state index in [9.17, 15) is 9.59 Å². The van der Waals surface area contributed by atoms with Crippen LogP contribution in [0.3, 0.4) is 0 Å². The van der Waals surface area contributed by atoms with E-state index in [1.54, 1.807) is 38.4 Å². The molecule has 0 unspecified atom stereocenters. The van der Waals surface area contributed by atoms with Crippen molar-refractivity contribution in [3.63, 3.8) is 0 Å². The molecule has 1 rings (SSSR count). The molecule has 0 aliphatic rings. The lowest BCUT2D eigenvalue weighted by molar-refractivity contribution is 0.0949. The average Bonchev–Trinajstić information content (AvgIpc) is 2.36. The number of urea groups is 1. The van der Waals surface area contributed by atoms with Gasteiger partial charge in [-0.25, -0.2) is 4.79 Å². The van der Waals surface area contributed by atoms with Crippen molar-refractivity contribution in [2.75, 3.05) is 27.3 Å². The molecule has 1 aromatic rings. The first kappa shape index (κ1) is 13.2. The highest BCUT2D eigenvalue weighted by atomic mass is 16.5. The molecule has 5 nitrogen and oxygen atoms in total. The van der Waals surface area contributed by atoms with E-state index >= 15 is 0 Å². The summed E-state index contributed by atoms with van der Waals surface area (Å²) >= 11 is 0. The molecule has 1 aromatic carbocycles. The lowest BCUT2D eigenvalue weighted by Crippen LogP contribution is -2.42. The first-order chi connectivity index (χ1) is 8.15. The molecule has 0 saturated heterocycles. The van der Waals surface area contributed by atoms with Crippen molar-refractivity contribution in [1.82, 2.24) is 10.2 Å². The second kappa shape index (κ2) is 6.65. The van der Waals surface area contributed by atoms with Crippen LogP contribution in [0.4, 0.5) is 4.79 Å². The number of carbonyl (C=O) groups is 2. The summed E-state index contributed by atoms with van der Waals surface area (Å²) in [6, 6.07) is 8.16. The molecular formula is C12H16N2O3. The van der Waals surface area contributed by atoms with Crippen LogP contribution in [0.15, 0.2) is 30.3 Å². The van der Waals surface area contributed by atoms with E-state index < -0.39 is 11.9 Å². The van der Waals surface area contributed by atoms with E-state index in [0.717, 1.165) is 0 Å². The first-order valence-corrected chi connectivity index (χ1v) is 5.25. The summed E-state index contributed by atoms with van der Waals surface area (Å²) in [5.41, 5.74) is 0.459. The van der Waals surface area contributed by atoms with E-state index in [0.29, 0.717) is 18.7 Å². The summed E-state index contributed by atoms with van der Waals surface area (Å²) in [6.45, 7) is 0.869. The average molecular weight is 236 g/mol. The Morgan fingerprint density at radius 2 is 1.94 bits per heavy atom. The summed E-state index contributed by atoms with van der Waals surface area (Å²) < 4.78 is 4.85. The predicted octanol–water partition coefficient (Wildman–Crippen LogP) is 1.11. The van der Waals surface area contributed by atoms with Crippen LogP contribution < -0.4 is 5.32 Å². The number of nitrogens with one attached hydrogen (secondary N) is 1. The van der Waals surface area contributed by atoms with Gasteiger partial charge >= 0.3 is 6.03 Å². The van der Waals surface area contributed by atoms with Crippen LogP contribution in [0.5, 0.6) is 0 Å². The Kier molecular flexibility index (Phi) is 5.16. The summed E-state index contributed by atoms with van der Waals surface area (Å²) in [6.07, 6.45) is 0. The molecular weight excluding hydrogens is 220 g/mol. The third kappa shape index (κ3) is 4.24. The SMILES string of the molecule is COCCN(C)C(=O)NC(=O)c1ccccc1. The Bertz CT molecular complexity index is 379. The minimum Gasteiger partial charge on any atom is -0.383 e. The Labute approximate surface area is 100 Å². The van der Waals surface area contributed by atoms with Crippen LogP contribution in [0, 0.1) is 0 Å². The molecule has 5 heteroatoms. The smallest absolute Gasteiger partial charge is 0.324 e. The molecule has 0 heterocycles. The lowest BCUT2D eigenvalue weighted by atomic mass is 10.2. The third-order valence-corrected chi connectivity index (χ3v) is 2.23. The van der Waals surface area contributed by atoms with Crippen molar-refractivity contribution in [3.8, 4) is 0 Å². The molecule has 0 aliphatic heterocycles. The van der Waals surface area contributed by atoms with E-state index in [-0.39, 0.29) is 0 Å². The van der Waals surface area contributed by atoms with Gasteiger partial charge in [-0.05, 0) is 12.1 Å². The molecule has 1 N–H and O–H groups in total. The zero-order valence-corrected chi connectivity index (χ0v) is 9.97. The van der Waals surface area contributed by atoms with Crippen molar-refractivity contribution >= 4 is 11.9 Å². The molecule has 0 aromatic heterocycles. The molecule has 0 fully saturated rings. The maximum Gasteiger partial charge on any atom is 0.324 e. The van der Waals surface area contributed by atoms with Gasteiger partial charge < -0.3 is 9.64 Å². The third-order valence-electron chi connectivity index (χ3n) is 2.23. The summed E-state index contributed by atoms with van der Waals surface area (Å²) in [7, 11) is 3.16. The molecule has 92 valence electrons. The number of methoxy groups -OCH3 is 1. The number of rotatable bonds is 4. The zero-order chi connectivity index (χ0) is 12.7. The lowest BCUT2D eigenvalue weighted by Gasteiger charge is -2.16. The molecule has 0 atom stereocenters. The van der Waals surface area contributed by atoms with E-state index in [2.05, 4.69) is 5.32 Å². The second-order valence-electron chi connectivity index (χ2n) is 3.54. The number of hydrogen-bond acceptors (Lipinski definition) is 3. The predicted molar refractivity (Wildman–Crippen MR) is 63.8 cm³/mol. The minimum absolute atomic E-state index is 0.403. The number of imide groups is 1. The van der Waals surface area contributed by atoms with E-state index in [1.807, 2.05) is 6.07 Å². The van der Waals surface area contributed by atoms with Gasteiger partial charge in [0, 0.05) is 26.3 Å². The van der Waals surface area contributed by atoms with Crippen LogP contribution in [0.1, 0.15) is 10.4 Å². The van der Waals surface area contributed by atoms with Gasteiger partial charge in [-0.3, -0.25) is 10.1 Å². The van der Waals surface area contributed by atoms with Crippen LogP contribution in [0.2, 0.25) is 0 Å². The Morgan fingerprint density at radius 3 is 2.53 bits per heavy atom. The van der Waals surface area contributed by atoms with Gasteiger partial charge in [0.05, 0.1) is 6.61 Å². The summed E-state index contributed by atoms with van der Waals surface area (Å²) in [5, 5.41) is 2.30. The molecule has 17 heavy (non-hydrogen) atoms. The Hall–Kier alpha value is -1.88. The van der Waals surface area contributed by atoms with Crippen molar-refractivity contribution < 1.29 is 14.3 Å².